The topological polar surface area (TPSA) is 71.4 Å². The minimum absolute atomic E-state index is 0.0520. The molecule has 116 valence electrons. The molecule has 1 aromatic carbocycles. The Labute approximate surface area is 130 Å². The molecule has 1 N–H and O–H groups in total. The molecule has 0 spiro atoms. The Morgan fingerprint density at radius 3 is 2.43 bits per heavy atom. The first kappa shape index (κ1) is 16.3. The molecule has 0 aromatic heterocycles. The fourth-order valence-corrected chi connectivity index (χ4v) is 4.90. The first-order valence-corrected chi connectivity index (χ1v) is 9.05. The van der Waals surface area contributed by atoms with E-state index in [-0.39, 0.29) is 15.5 Å². The van der Waals surface area contributed by atoms with Crippen LogP contribution in [0.15, 0.2) is 23.1 Å². The molecule has 1 aliphatic carbocycles. The van der Waals surface area contributed by atoms with E-state index in [2.05, 4.69) is 6.92 Å². The highest BCUT2D eigenvalue weighted by Crippen LogP contribution is 2.34. The van der Waals surface area contributed by atoms with Crippen LogP contribution in [-0.2, 0) is 9.84 Å². The summed E-state index contributed by atoms with van der Waals surface area (Å²) in [5.74, 6) is -0.608. The summed E-state index contributed by atoms with van der Waals surface area (Å²) in [7, 11) is -3.49. The van der Waals surface area contributed by atoms with E-state index in [0.29, 0.717) is 18.8 Å². The van der Waals surface area contributed by atoms with Crippen molar-refractivity contribution in [3.63, 3.8) is 0 Å². The summed E-state index contributed by atoms with van der Waals surface area (Å²) in [6.45, 7) is 2.12. The van der Waals surface area contributed by atoms with Crippen LogP contribution in [0.2, 0.25) is 5.02 Å². The lowest BCUT2D eigenvalue weighted by Gasteiger charge is -2.27. The van der Waals surface area contributed by atoms with Crippen molar-refractivity contribution < 1.29 is 18.3 Å². The number of carbonyl (C=O) groups is 1. The highest BCUT2D eigenvalue weighted by Gasteiger charge is 2.32. The highest BCUT2D eigenvalue weighted by molar-refractivity contribution is 7.92. The van der Waals surface area contributed by atoms with Crippen molar-refractivity contribution in [2.45, 2.75) is 49.2 Å². The van der Waals surface area contributed by atoms with Crippen LogP contribution in [0.25, 0.3) is 0 Å². The smallest absolute Gasteiger partial charge is 0.337 e. The molecule has 1 aromatic rings. The molecule has 0 atom stereocenters. The molecule has 0 unspecified atom stereocenters. The third-order valence-electron chi connectivity index (χ3n) is 4.31. The number of hydrogen-bond acceptors (Lipinski definition) is 3. The van der Waals surface area contributed by atoms with Crippen molar-refractivity contribution in [3.8, 4) is 0 Å². The van der Waals surface area contributed by atoms with Gasteiger partial charge in [0.15, 0.2) is 9.84 Å². The molecule has 21 heavy (non-hydrogen) atoms. The van der Waals surface area contributed by atoms with Crippen LogP contribution in [0, 0.1) is 5.92 Å². The summed E-state index contributed by atoms with van der Waals surface area (Å²) >= 11 is 5.79. The van der Waals surface area contributed by atoms with Crippen molar-refractivity contribution in [1.29, 1.82) is 0 Å². The molecule has 2 rings (SSSR count). The summed E-state index contributed by atoms with van der Waals surface area (Å²) in [6.07, 6.45) is 4.20. The van der Waals surface area contributed by atoms with Crippen molar-refractivity contribution >= 4 is 27.4 Å². The van der Waals surface area contributed by atoms with Gasteiger partial charge in [0.25, 0.3) is 0 Å². The molecular formula is C15H19ClO4S. The largest absolute Gasteiger partial charge is 0.478 e. The Morgan fingerprint density at radius 2 is 1.90 bits per heavy atom. The van der Waals surface area contributed by atoms with Gasteiger partial charge in [0.05, 0.1) is 20.7 Å². The maximum Gasteiger partial charge on any atom is 0.337 e. The molecule has 0 saturated heterocycles. The van der Waals surface area contributed by atoms with Gasteiger partial charge in [0.2, 0.25) is 0 Å². The third-order valence-corrected chi connectivity index (χ3v) is 6.90. The van der Waals surface area contributed by atoms with Gasteiger partial charge >= 0.3 is 5.97 Å². The van der Waals surface area contributed by atoms with Crippen LogP contribution in [-0.4, -0.2) is 24.7 Å². The number of hydrogen-bond donors (Lipinski definition) is 1. The molecule has 0 amide bonds. The van der Waals surface area contributed by atoms with Gasteiger partial charge in [-0.15, -0.1) is 0 Å². The number of carboxylic acid groups (broad SMARTS) is 1. The van der Waals surface area contributed by atoms with Gasteiger partial charge in [-0.05, 0) is 49.8 Å². The van der Waals surface area contributed by atoms with Gasteiger partial charge in [-0.25, -0.2) is 13.2 Å². The highest BCUT2D eigenvalue weighted by atomic mass is 35.5. The number of aromatic carboxylic acids is 1. The average Bonchev–Trinajstić information content (AvgIpc) is 2.47. The lowest BCUT2D eigenvalue weighted by atomic mass is 9.87. The van der Waals surface area contributed by atoms with Crippen LogP contribution in [0.5, 0.6) is 0 Å². The average molecular weight is 331 g/mol. The van der Waals surface area contributed by atoms with Gasteiger partial charge in [-0.2, -0.15) is 0 Å². The third kappa shape index (κ3) is 3.40. The lowest BCUT2D eigenvalue weighted by Crippen LogP contribution is -2.27. The monoisotopic (exact) mass is 330 g/mol. The standard InChI is InChI=1S/C15H19ClO4S/c1-2-10-3-5-11(6-4-10)21(19,20)12-7-8-14(16)13(9-12)15(17)18/h7-11H,2-6H2,1H3,(H,17,18). The molecule has 1 fully saturated rings. The zero-order chi connectivity index (χ0) is 15.6. The van der Waals surface area contributed by atoms with Crippen molar-refractivity contribution in [2.75, 3.05) is 0 Å². The van der Waals surface area contributed by atoms with Gasteiger partial charge in [0, 0.05) is 0 Å². The predicted molar refractivity (Wildman–Crippen MR) is 81.6 cm³/mol. The summed E-state index contributed by atoms with van der Waals surface area (Å²) in [4.78, 5) is 11.1. The number of benzene rings is 1. The number of sulfone groups is 1. The van der Waals surface area contributed by atoms with E-state index >= 15 is 0 Å². The maximum atomic E-state index is 12.6. The SMILES string of the molecule is CCC1CCC(S(=O)(=O)c2ccc(Cl)c(C(=O)O)c2)CC1. The quantitative estimate of drug-likeness (QED) is 0.911. The molecule has 6 heteroatoms. The molecule has 0 aliphatic heterocycles. The molecule has 0 bridgehead atoms. The summed E-state index contributed by atoms with van der Waals surface area (Å²) < 4.78 is 25.3. The molecule has 4 nitrogen and oxygen atoms in total. The Balaban J connectivity index is 2.28. The summed E-state index contributed by atoms with van der Waals surface area (Å²) in [5, 5.41) is 8.69. The van der Waals surface area contributed by atoms with Gasteiger partial charge in [0.1, 0.15) is 0 Å². The second kappa shape index (κ2) is 6.36. The summed E-state index contributed by atoms with van der Waals surface area (Å²) in [5.41, 5.74) is -0.167. The van der Waals surface area contributed by atoms with E-state index < -0.39 is 21.1 Å². The molecule has 1 saturated carbocycles. The Bertz CT molecular complexity index is 631. The zero-order valence-corrected chi connectivity index (χ0v) is 13.5. The van der Waals surface area contributed by atoms with Crippen LogP contribution in [0.3, 0.4) is 0 Å². The van der Waals surface area contributed by atoms with E-state index in [9.17, 15) is 13.2 Å². The number of halogens is 1. The Kier molecular flexibility index (Phi) is 4.94. The minimum atomic E-state index is -3.49. The molecule has 0 heterocycles. The van der Waals surface area contributed by atoms with Crippen LogP contribution in [0.4, 0.5) is 0 Å². The van der Waals surface area contributed by atoms with Gasteiger partial charge < -0.3 is 5.11 Å². The number of carboxylic acids is 1. The Morgan fingerprint density at radius 1 is 1.29 bits per heavy atom. The Hall–Kier alpha value is -1.07. The molecule has 0 radical (unpaired) electrons. The van der Waals surface area contributed by atoms with Gasteiger partial charge in [-0.3, -0.25) is 0 Å². The van der Waals surface area contributed by atoms with Crippen molar-refractivity contribution in [2.24, 2.45) is 5.92 Å². The number of rotatable bonds is 4. The second-order valence-electron chi connectivity index (χ2n) is 5.54. The second-order valence-corrected chi connectivity index (χ2v) is 8.18. The first-order chi connectivity index (χ1) is 9.86. The molecular weight excluding hydrogens is 312 g/mol. The van der Waals surface area contributed by atoms with E-state index in [4.69, 9.17) is 16.7 Å². The normalized spacial score (nSPS) is 23.0. The van der Waals surface area contributed by atoms with E-state index in [0.717, 1.165) is 19.3 Å². The van der Waals surface area contributed by atoms with Crippen LogP contribution >= 0.6 is 11.6 Å². The van der Waals surface area contributed by atoms with Gasteiger partial charge in [-0.1, -0.05) is 24.9 Å². The van der Waals surface area contributed by atoms with Crippen molar-refractivity contribution in [1.82, 2.24) is 0 Å². The van der Waals surface area contributed by atoms with E-state index in [1.54, 1.807) is 0 Å². The van der Waals surface area contributed by atoms with Crippen LogP contribution < -0.4 is 0 Å². The summed E-state index contributed by atoms with van der Waals surface area (Å²) in [6, 6.07) is 3.91. The van der Waals surface area contributed by atoms with Crippen molar-refractivity contribution in [3.05, 3.63) is 28.8 Å². The predicted octanol–water partition coefficient (Wildman–Crippen LogP) is 3.78. The first-order valence-electron chi connectivity index (χ1n) is 7.13. The van der Waals surface area contributed by atoms with Crippen LogP contribution in [0.1, 0.15) is 49.4 Å². The lowest BCUT2D eigenvalue weighted by molar-refractivity contribution is 0.0697. The van der Waals surface area contributed by atoms with E-state index in [1.165, 1.54) is 18.2 Å². The maximum absolute atomic E-state index is 12.6. The fraction of sp³-hybridized carbons (Fsp3) is 0.533. The zero-order valence-electron chi connectivity index (χ0n) is 11.9. The molecule has 1 aliphatic rings. The van der Waals surface area contributed by atoms with E-state index in [1.807, 2.05) is 0 Å². The minimum Gasteiger partial charge on any atom is -0.478 e. The fourth-order valence-electron chi connectivity index (χ4n) is 2.89.